The van der Waals surface area contributed by atoms with Gasteiger partial charge in [0.25, 0.3) is 0 Å². The van der Waals surface area contributed by atoms with Crippen molar-refractivity contribution in [2.75, 3.05) is 48.8 Å². The maximum atomic E-state index is 11.7. The van der Waals surface area contributed by atoms with E-state index >= 15 is 0 Å². The SMILES string of the molecule is C.C=CC(=O)Nc1cccc(-c2cccc3cnc(Nc4ccc(N5CCN(C)CC5)nc4)nc23)c1. The molecule has 0 atom stereocenters. The Bertz CT molecular complexity index is 1360. The lowest BCUT2D eigenvalue weighted by atomic mass is 10.0. The Morgan fingerprint density at radius 1 is 0.972 bits per heavy atom. The Morgan fingerprint density at radius 2 is 1.78 bits per heavy atom. The van der Waals surface area contributed by atoms with Gasteiger partial charge in [0.2, 0.25) is 11.9 Å². The van der Waals surface area contributed by atoms with E-state index in [1.165, 1.54) is 6.08 Å². The molecule has 1 aliphatic rings. The minimum absolute atomic E-state index is 0. The number of benzene rings is 2. The van der Waals surface area contributed by atoms with Crippen LogP contribution in [-0.4, -0.2) is 59.0 Å². The lowest BCUT2D eigenvalue weighted by Crippen LogP contribution is -2.44. The number of nitrogens with one attached hydrogen (secondary N) is 2. The van der Waals surface area contributed by atoms with Crippen LogP contribution in [0.4, 0.5) is 23.1 Å². The molecule has 2 aromatic carbocycles. The maximum absolute atomic E-state index is 11.7. The van der Waals surface area contributed by atoms with Crippen LogP contribution in [-0.2, 0) is 4.79 Å². The van der Waals surface area contributed by atoms with Gasteiger partial charge in [-0.15, -0.1) is 0 Å². The number of likely N-dealkylation sites (N-methyl/N-ethyl adjacent to an activating group) is 1. The van der Waals surface area contributed by atoms with Gasteiger partial charge in [-0.05, 0) is 43.0 Å². The highest BCUT2D eigenvalue weighted by Gasteiger charge is 2.15. The average Bonchev–Trinajstić information content (AvgIpc) is 2.89. The van der Waals surface area contributed by atoms with Gasteiger partial charge in [-0.3, -0.25) is 4.79 Å². The summed E-state index contributed by atoms with van der Waals surface area (Å²) in [6, 6.07) is 17.7. The normalized spacial score (nSPS) is 13.6. The van der Waals surface area contributed by atoms with Crippen LogP contribution in [0.2, 0.25) is 0 Å². The Hall–Kier alpha value is -4.30. The third-order valence-corrected chi connectivity index (χ3v) is 6.07. The van der Waals surface area contributed by atoms with Crippen molar-refractivity contribution in [1.29, 1.82) is 0 Å². The van der Waals surface area contributed by atoms with Gasteiger partial charge in [0, 0.05) is 49.0 Å². The summed E-state index contributed by atoms with van der Waals surface area (Å²) in [6.07, 6.45) is 4.88. The molecule has 0 bridgehead atoms. The van der Waals surface area contributed by atoms with Gasteiger partial charge in [0.05, 0.1) is 17.4 Å². The maximum Gasteiger partial charge on any atom is 0.247 e. The summed E-state index contributed by atoms with van der Waals surface area (Å²) in [5.74, 6) is 1.23. The number of rotatable bonds is 6. The van der Waals surface area contributed by atoms with E-state index in [2.05, 4.69) is 44.0 Å². The van der Waals surface area contributed by atoms with Crippen LogP contribution in [0.15, 0.2) is 79.6 Å². The summed E-state index contributed by atoms with van der Waals surface area (Å²) in [7, 11) is 2.14. The molecule has 36 heavy (non-hydrogen) atoms. The summed E-state index contributed by atoms with van der Waals surface area (Å²) in [5, 5.41) is 7.01. The molecule has 0 unspecified atom stereocenters. The first-order valence-corrected chi connectivity index (χ1v) is 11.6. The van der Waals surface area contributed by atoms with E-state index in [1.54, 1.807) is 0 Å². The van der Waals surface area contributed by atoms with Gasteiger partial charge in [-0.25, -0.2) is 15.0 Å². The van der Waals surface area contributed by atoms with Crippen LogP contribution < -0.4 is 15.5 Å². The molecular formula is C28H31N7O. The number of para-hydroxylation sites is 1. The molecule has 1 fully saturated rings. The molecule has 3 heterocycles. The number of aromatic nitrogens is 3. The van der Waals surface area contributed by atoms with Crippen molar-refractivity contribution < 1.29 is 4.79 Å². The predicted molar refractivity (Wildman–Crippen MR) is 148 cm³/mol. The summed E-state index contributed by atoms with van der Waals surface area (Å²) < 4.78 is 0. The second kappa shape index (κ2) is 11.0. The van der Waals surface area contributed by atoms with Crippen LogP contribution in [0, 0.1) is 0 Å². The Balaban J connectivity index is 0.00000304. The van der Waals surface area contributed by atoms with Crippen molar-refractivity contribution in [2.24, 2.45) is 0 Å². The zero-order chi connectivity index (χ0) is 24.2. The zero-order valence-corrected chi connectivity index (χ0v) is 19.6. The molecule has 0 spiro atoms. The zero-order valence-electron chi connectivity index (χ0n) is 19.6. The van der Waals surface area contributed by atoms with Crippen molar-refractivity contribution in [1.82, 2.24) is 19.9 Å². The molecule has 8 nitrogen and oxygen atoms in total. The fraction of sp³-hybridized carbons (Fsp3) is 0.214. The Morgan fingerprint density at radius 3 is 2.53 bits per heavy atom. The molecule has 0 saturated carbocycles. The highest BCUT2D eigenvalue weighted by atomic mass is 16.1. The summed E-state index contributed by atoms with van der Waals surface area (Å²) in [4.78, 5) is 30.3. The Kier molecular flexibility index (Phi) is 7.56. The smallest absolute Gasteiger partial charge is 0.247 e. The first-order chi connectivity index (χ1) is 17.1. The molecule has 1 aliphatic heterocycles. The largest absolute Gasteiger partial charge is 0.354 e. The van der Waals surface area contributed by atoms with Crippen LogP contribution >= 0.6 is 0 Å². The summed E-state index contributed by atoms with van der Waals surface area (Å²) in [5.41, 5.74) is 4.24. The number of amides is 1. The summed E-state index contributed by atoms with van der Waals surface area (Å²) in [6.45, 7) is 7.54. The number of nitrogens with zero attached hydrogens (tertiary/aromatic N) is 5. The van der Waals surface area contributed by atoms with E-state index in [0.29, 0.717) is 11.6 Å². The number of fused-ring (bicyclic) bond motifs is 1. The lowest BCUT2D eigenvalue weighted by molar-refractivity contribution is -0.111. The minimum atomic E-state index is -0.249. The van der Waals surface area contributed by atoms with Gasteiger partial charge in [-0.1, -0.05) is 44.3 Å². The molecule has 2 N–H and O–H groups in total. The molecule has 0 radical (unpaired) electrons. The van der Waals surface area contributed by atoms with Crippen LogP contribution in [0.3, 0.4) is 0 Å². The van der Waals surface area contributed by atoms with E-state index in [0.717, 1.165) is 59.7 Å². The quantitative estimate of drug-likeness (QED) is 0.377. The third kappa shape index (κ3) is 5.50. The lowest BCUT2D eigenvalue weighted by Gasteiger charge is -2.33. The average molecular weight is 482 g/mol. The number of carbonyl (C=O) groups is 1. The van der Waals surface area contributed by atoms with Gasteiger partial charge in [0.1, 0.15) is 5.82 Å². The molecular weight excluding hydrogens is 450 g/mol. The van der Waals surface area contributed by atoms with Gasteiger partial charge < -0.3 is 20.4 Å². The number of pyridine rings is 1. The Labute approximate surface area is 211 Å². The van der Waals surface area contributed by atoms with Crippen molar-refractivity contribution >= 4 is 40.0 Å². The molecule has 4 aromatic rings. The number of hydrogen-bond donors (Lipinski definition) is 2. The van der Waals surface area contributed by atoms with Crippen molar-refractivity contribution in [3.8, 4) is 11.1 Å². The molecule has 1 saturated heterocycles. The molecule has 184 valence electrons. The van der Waals surface area contributed by atoms with Crippen molar-refractivity contribution in [3.63, 3.8) is 0 Å². The number of piperazine rings is 1. The third-order valence-electron chi connectivity index (χ3n) is 6.07. The minimum Gasteiger partial charge on any atom is -0.354 e. The fourth-order valence-electron chi connectivity index (χ4n) is 4.12. The highest BCUT2D eigenvalue weighted by Crippen LogP contribution is 2.30. The number of hydrogen-bond acceptors (Lipinski definition) is 7. The molecule has 1 amide bonds. The van der Waals surface area contributed by atoms with Gasteiger partial charge in [0.15, 0.2) is 0 Å². The first kappa shape index (κ1) is 24.8. The highest BCUT2D eigenvalue weighted by molar-refractivity contribution is 6.00. The standard InChI is InChI=1S/C27H27N7O.CH4/c1-3-25(35)30-21-8-4-6-19(16-21)23-9-5-7-20-17-29-27(32-26(20)23)31-22-10-11-24(28-18-22)34-14-12-33(2)13-15-34;/h3-11,16-18H,1,12-15H2,2H3,(H,30,35)(H,29,31,32);1H4. The molecule has 0 aliphatic carbocycles. The molecule has 5 rings (SSSR count). The van der Waals surface area contributed by atoms with Crippen LogP contribution in [0.1, 0.15) is 7.43 Å². The van der Waals surface area contributed by atoms with Crippen molar-refractivity contribution in [3.05, 3.63) is 79.6 Å². The topological polar surface area (TPSA) is 86.3 Å². The van der Waals surface area contributed by atoms with E-state index in [4.69, 9.17) is 4.98 Å². The van der Waals surface area contributed by atoms with E-state index in [1.807, 2.05) is 67.0 Å². The summed E-state index contributed by atoms with van der Waals surface area (Å²) >= 11 is 0. The van der Waals surface area contributed by atoms with E-state index < -0.39 is 0 Å². The second-order valence-corrected chi connectivity index (χ2v) is 8.53. The fourth-order valence-corrected chi connectivity index (χ4v) is 4.12. The predicted octanol–water partition coefficient (Wildman–Crippen LogP) is 4.95. The monoisotopic (exact) mass is 481 g/mol. The number of carbonyl (C=O) groups excluding carboxylic acids is 1. The van der Waals surface area contributed by atoms with Gasteiger partial charge in [-0.2, -0.15) is 0 Å². The number of anilines is 4. The second-order valence-electron chi connectivity index (χ2n) is 8.53. The van der Waals surface area contributed by atoms with Crippen LogP contribution in [0.25, 0.3) is 22.0 Å². The molecule has 8 heteroatoms. The van der Waals surface area contributed by atoms with E-state index in [-0.39, 0.29) is 13.3 Å². The van der Waals surface area contributed by atoms with Crippen molar-refractivity contribution in [2.45, 2.75) is 7.43 Å². The first-order valence-electron chi connectivity index (χ1n) is 11.6. The van der Waals surface area contributed by atoms with E-state index in [9.17, 15) is 4.79 Å². The van der Waals surface area contributed by atoms with Gasteiger partial charge >= 0.3 is 0 Å². The van der Waals surface area contributed by atoms with Crippen LogP contribution in [0.5, 0.6) is 0 Å². The molecule has 2 aromatic heterocycles.